The molecule has 0 fully saturated rings. The minimum Gasteiger partial charge on any atom is -0.481 e. The number of rotatable bonds is 6. The molecule has 4 aromatic heterocycles. The molecule has 0 spiro atoms. The third kappa shape index (κ3) is 3.67. The lowest BCUT2D eigenvalue weighted by molar-refractivity contribution is -0.662. The summed E-state index contributed by atoms with van der Waals surface area (Å²) in [7, 11) is -1.12. The lowest BCUT2D eigenvalue weighted by Crippen LogP contribution is -2.34. The van der Waals surface area contributed by atoms with Crippen molar-refractivity contribution >= 4 is 38.0 Å². The minimum absolute atomic E-state index is 0.0320. The maximum absolute atomic E-state index is 12.6. The third-order valence-electron chi connectivity index (χ3n) is 4.99. The summed E-state index contributed by atoms with van der Waals surface area (Å²) in [5, 5.41) is 0.846. The van der Waals surface area contributed by atoms with Gasteiger partial charge in [-0.25, -0.2) is 27.3 Å². The quantitative estimate of drug-likeness (QED) is 0.449. The molecule has 0 aliphatic carbocycles. The van der Waals surface area contributed by atoms with Gasteiger partial charge in [0.05, 0.1) is 24.4 Å². The van der Waals surface area contributed by atoms with E-state index < -0.39 is 15.9 Å². The Labute approximate surface area is 178 Å². The number of carbonyl (C=O) groups is 1. The van der Waals surface area contributed by atoms with E-state index in [0.29, 0.717) is 23.8 Å². The number of carbonyl (C=O) groups excluding carboxylic acids is 1. The van der Waals surface area contributed by atoms with E-state index in [1.807, 2.05) is 10.6 Å². The van der Waals surface area contributed by atoms with Gasteiger partial charge in [-0.2, -0.15) is 4.98 Å². The van der Waals surface area contributed by atoms with Gasteiger partial charge < -0.3 is 4.74 Å². The summed E-state index contributed by atoms with van der Waals surface area (Å²) in [5.74, 6) is -0.00410. The number of H-pyrrole nitrogens is 1. The van der Waals surface area contributed by atoms with Crippen LogP contribution in [-0.2, 0) is 21.4 Å². The molecule has 160 valence electrons. The predicted octanol–water partition coefficient (Wildman–Crippen LogP) is 1.41. The van der Waals surface area contributed by atoms with Crippen molar-refractivity contribution in [3.8, 4) is 5.88 Å². The molecule has 0 atom stereocenters. The number of aromatic amines is 1. The second-order valence-electron chi connectivity index (χ2n) is 6.85. The van der Waals surface area contributed by atoms with Gasteiger partial charge in [0.25, 0.3) is 10.0 Å². The van der Waals surface area contributed by atoms with Crippen LogP contribution in [0.2, 0.25) is 0 Å². The molecular formula is C20H21N6O4S+. The SMILES string of the molecule is CCC(=O)N(C)S(=O)(=O)c1ccc(C[n+]2c[nH]c3cnc4nc(OC)ccc4c32)nc1. The van der Waals surface area contributed by atoms with Gasteiger partial charge in [0.1, 0.15) is 11.4 Å². The first-order chi connectivity index (χ1) is 14.8. The fourth-order valence-corrected chi connectivity index (χ4v) is 4.40. The zero-order chi connectivity index (χ0) is 22.2. The molecule has 0 bridgehead atoms. The molecule has 1 amide bonds. The summed E-state index contributed by atoms with van der Waals surface area (Å²) in [6.07, 6.45) is 4.87. The number of fused-ring (bicyclic) bond motifs is 3. The smallest absolute Gasteiger partial charge is 0.267 e. The summed E-state index contributed by atoms with van der Waals surface area (Å²) in [6.45, 7) is 2.01. The van der Waals surface area contributed by atoms with Gasteiger partial charge in [-0.15, -0.1) is 0 Å². The first-order valence-electron chi connectivity index (χ1n) is 9.52. The molecule has 0 saturated heterocycles. The summed E-state index contributed by atoms with van der Waals surface area (Å²) in [6, 6.07) is 6.75. The van der Waals surface area contributed by atoms with Crippen molar-refractivity contribution in [3.63, 3.8) is 0 Å². The van der Waals surface area contributed by atoms with Gasteiger partial charge in [-0.1, -0.05) is 6.92 Å². The van der Waals surface area contributed by atoms with E-state index in [1.165, 1.54) is 19.3 Å². The van der Waals surface area contributed by atoms with Crippen LogP contribution in [-0.4, -0.2) is 52.7 Å². The molecular weight excluding hydrogens is 420 g/mol. The average molecular weight is 441 g/mol. The van der Waals surface area contributed by atoms with E-state index in [1.54, 1.807) is 38.7 Å². The molecule has 0 saturated carbocycles. The first-order valence-corrected chi connectivity index (χ1v) is 11.0. The Morgan fingerprint density at radius 2 is 2.00 bits per heavy atom. The molecule has 31 heavy (non-hydrogen) atoms. The Kier molecular flexibility index (Phi) is 5.27. The largest absolute Gasteiger partial charge is 0.481 e. The van der Waals surface area contributed by atoms with Crippen LogP contribution < -0.4 is 9.30 Å². The fraction of sp³-hybridized carbons (Fsp3) is 0.250. The van der Waals surface area contributed by atoms with Crippen molar-refractivity contribution in [1.82, 2.24) is 24.2 Å². The molecule has 4 aromatic rings. The van der Waals surface area contributed by atoms with E-state index in [-0.39, 0.29) is 11.3 Å². The molecule has 0 radical (unpaired) electrons. The zero-order valence-electron chi connectivity index (χ0n) is 17.2. The predicted molar refractivity (Wildman–Crippen MR) is 112 cm³/mol. The number of ether oxygens (including phenoxy) is 1. The molecule has 11 heteroatoms. The Bertz CT molecular complexity index is 1380. The number of methoxy groups -OCH3 is 1. The Balaban J connectivity index is 1.67. The van der Waals surface area contributed by atoms with Gasteiger partial charge in [0.15, 0.2) is 16.7 Å². The first kappa shape index (κ1) is 20.7. The maximum atomic E-state index is 12.6. The van der Waals surface area contributed by atoms with Crippen LogP contribution in [0.3, 0.4) is 0 Å². The lowest BCUT2D eigenvalue weighted by atomic mass is 10.2. The van der Waals surface area contributed by atoms with Crippen molar-refractivity contribution < 1.29 is 22.5 Å². The second-order valence-corrected chi connectivity index (χ2v) is 8.82. The third-order valence-corrected chi connectivity index (χ3v) is 6.75. The molecule has 0 aliphatic rings. The molecule has 4 rings (SSSR count). The highest BCUT2D eigenvalue weighted by Gasteiger charge is 2.25. The monoisotopic (exact) mass is 441 g/mol. The van der Waals surface area contributed by atoms with Crippen LogP contribution >= 0.6 is 0 Å². The normalized spacial score (nSPS) is 11.7. The van der Waals surface area contributed by atoms with Gasteiger partial charge in [-0.05, 0) is 18.2 Å². The highest BCUT2D eigenvalue weighted by molar-refractivity contribution is 7.89. The number of aromatic nitrogens is 5. The summed E-state index contributed by atoms with van der Waals surface area (Å²) >= 11 is 0. The van der Waals surface area contributed by atoms with Crippen molar-refractivity contribution in [1.29, 1.82) is 0 Å². The standard InChI is InChI=1S/C20H20N6O4S/c1-4-18(27)25(2)31(28,29)14-6-5-13(21-9-14)11-26-12-23-16-10-22-20-15(19(16)26)7-8-17(24-20)30-3/h5-10,12H,4,11H2,1-3H3/p+1. The average Bonchev–Trinajstić information content (AvgIpc) is 3.21. The lowest BCUT2D eigenvalue weighted by Gasteiger charge is -2.16. The van der Waals surface area contributed by atoms with Crippen molar-refractivity contribution in [3.05, 3.63) is 48.7 Å². The van der Waals surface area contributed by atoms with E-state index in [2.05, 4.69) is 19.9 Å². The molecule has 0 unspecified atom stereocenters. The van der Waals surface area contributed by atoms with Gasteiger partial charge in [0, 0.05) is 25.7 Å². The highest BCUT2D eigenvalue weighted by Crippen LogP contribution is 2.21. The number of pyridine rings is 3. The molecule has 0 aromatic carbocycles. The van der Waals surface area contributed by atoms with Crippen LogP contribution in [0, 0.1) is 0 Å². The summed E-state index contributed by atoms with van der Waals surface area (Å²) < 4.78 is 33.0. The Hall–Kier alpha value is -3.60. The van der Waals surface area contributed by atoms with Crippen LogP contribution in [0.1, 0.15) is 19.0 Å². The van der Waals surface area contributed by atoms with Crippen LogP contribution in [0.25, 0.3) is 22.1 Å². The molecule has 0 aliphatic heterocycles. The van der Waals surface area contributed by atoms with Crippen molar-refractivity contribution in [2.45, 2.75) is 24.8 Å². The number of hydrogen-bond donors (Lipinski definition) is 1. The van der Waals surface area contributed by atoms with Gasteiger partial charge in [-0.3, -0.25) is 9.78 Å². The Morgan fingerprint density at radius 1 is 1.19 bits per heavy atom. The fourth-order valence-electron chi connectivity index (χ4n) is 3.26. The van der Waals surface area contributed by atoms with Crippen LogP contribution in [0.4, 0.5) is 0 Å². The zero-order valence-corrected chi connectivity index (χ0v) is 18.0. The van der Waals surface area contributed by atoms with Crippen molar-refractivity contribution in [2.24, 2.45) is 0 Å². The van der Waals surface area contributed by atoms with Gasteiger partial charge in [0.2, 0.25) is 18.1 Å². The van der Waals surface area contributed by atoms with Crippen LogP contribution in [0.5, 0.6) is 5.88 Å². The van der Waals surface area contributed by atoms with Crippen LogP contribution in [0.15, 0.2) is 47.9 Å². The molecule has 1 N–H and O–H groups in total. The van der Waals surface area contributed by atoms with Crippen molar-refractivity contribution in [2.75, 3.05) is 14.2 Å². The summed E-state index contributed by atoms with van der Waals surface area (Å²) in [5.41, 5.74) is 2.93. The minimum atomic E-state index is -3.92. The van der Waals surface area contributed by atoms with E-state index >= 15 is 0 Å². The number of sulfonamides is 1. The highest BCUT2D eigenvalue weighted by atomic mass is 32.2. The van der Waals surface area contributed by atoms with E-state index in [0.717, 1.165) is 20.7 Å². The van der Waals surface area contributed by atoms with E-state index in [4.69, 9.17) is 4.74 Å². The maximum Gasteiger partial charge on any atom is 0.267 e. The topological polar surface area (TPSA) is 122 Å². The van der Waals surface area contributed by atoms with E-state index in [9.17, 15) is 13.2 Å². The van der Waals surface area contributed by atoms with Gasteiger partial charge >= 0.3 is 0 Å². The number of nitrogens with one attached hydrogen (secondary N) is 1. The number of nitrogens with zero attached hydrogens (tertiary/aromatic N) is 5. The second kappa shape index (κ2) is 7.91. The number of imidazole rings is 1. The summed E-state index contributed by atoms with van der Waals surface area (Å²) in [4.78, 5) is 28.0. The number of hydrogen-bond acceptors (Lipinski definition) is 7. The molecule has 4 heterocycles. The molecule has 10 nitrogen and oxygen atoms in total. The number of amides is 1. The Morgan fingerprint density at radius 3 is 2.68 bits per heavy atom.